The molecule has 0 aliphatic heterocycles. The second-order valence-electron chi connectivity index (χ2n) is 6.36. The lowest BCUT2D eigenvalue weighted by Crippen LogP contribution is -2.11. The molecule has 0 saturated heterocycles. The topological polar surface area (TPSA) is 113 Å². The second-order valence-corrected chi connectivity index (χ2v) is 8.21. The predicted molar refractivity (Wildman–Crippen MR) is 106 cm³/mol. The van der Waals surface area contributed by atoms with Gasteiger partial charge in [0.1, 0.15) is 0 Å². The van der Waals surface area contributed by atoms with Gasteiger partial charge < -0.3 is 19.8 Å². The van der Waals surface area contributed by atoms with E-state index in [0.717, 1.165) is 5.56 Å². The minimum absolute atomic E-state index is 0.0532. The molecule has 0 saturated carbocycles. The van der Waals surface area contributed by atoms with E-state index in [9.17, 15) is 19.0 Å². The van der Waals surface area contributed by atoms with Crippen LogP contribution >= 0.6 is 7.60 Å². The Morgan fingerprint density at radius 2 is 1.64 bits per heavy atom. The van der Waals surface area contributed by atoms with Gasteiger partial charge in [0.15, 0.2) is 0 Å². The third-order valence-electron chi connectivity index (χ3n) is 3.94. The van der Waals surface area contributed by atoms with Gasteiger partial charge >= 0.3 is 13.6 Å². The summed E-state index contributed by atoms with van der Waals surface area (Å²) < 4.78 is 17.4. The molecule has 2 aromatic carbocycles. The molecule has 150 valence electrons. The molecule has 28 heavy (non-hydrogen) atoms. The zero-order chi connectivity index (χ0) is 20.4. The van der Waals surface area contributed by atoms with Gasteiger partial charge in [-0.25, -0.2) is 0 Å². The summed E-state index contributed by atoms with van der Waals surface area (Å²) in [5.74, 6) is -1.21. The van der Waals surface area contributed by atoms with Crippen molar-refractivity contribution in [2.45, 2.75) is 31.8 Å². The molecule has 1 unspecified atom stereocenters. The third kappa shape index (κ3) is 8.48. The lowest BCUT2D eigenvalue weighted by molar-refractivity contribution is -0.137. The van der Waals surface area contributed by atoms with E-state index < -0.39 is 13.6 Å². The van der Waals surface area contributed by atoms with Gasteiger partial charge in [0.25, 0.3) is 0 Å². The largest absolute Gasteiger partial charge is 0.481 e. The Morgan fingerprint density at radius 3 is 2.29 bits per heavy atom. The zero-order valence-corrected chi connectivity index (χ0v) is 16.3. The monoisotopic (exact) mass is 405 g/mol. The number of aliphatic carboxylic acids is 1. The molecule has 2 rings (SSSR count). The van der Waals surface area contributed by atoms with Gasteiger partial charge in [-0.2, -0.15) is 0 Å². The van der Waals surface area contributed by atoms with Crippen LogP contribution in [0.2, 0.25) is 0 Å². The number of rotatable bonds is 11. The van der Waals surface area contributed by atoms with Crippen molar-refractivity contribution in [3.8, 4) is 0 Å². The first-order valence-electron chi connectivity index (χ1n) is 8.95. The highest BCUT2D eigenvalue weighted by molar-refractivity contribution is 7.51. The maximum Gasteiger partial charge on any atom is 0.332 e. The quantitative estimate of drug-likeness (QED) is 0.490. The highest BCUT2D eigenvalue weighted by Gasteiger charge is 2.20. The maximum absolute atomic E-state index is 12.2. The van der Waals surface area contributed by atoms with Crippen LogP contribution in [0.25, 0.3) is 0 Å². The number of carbonyl (C=O) groups excluding carboxylic acids is 1. The van der Waals surface area contributed by atoms with Crippen molar-refractivity contribution in [2.24, 2.45) is 0 Å². The van der Waals surface area contributed by atoms with Crippen LogP contribution in [0.15, 0.2) is 54.6 Å². The molecule has 0 radical (unpaired) electrons. The Bertz CT molecular complexity index is 822. The molecule has 0 fully saturated rings. The fourth-order valence-corrected chi connectivity index (χ4v) is 3.68. The molecule has 0 bridgehead atoms. The van der Waals surface area contributed by atoms with E-state index in [0.29, 0.717) is 17.7 Å². The smallest absolute Gasteiger partial charge is 0.332 e. The Labute approximate surface area is 163 Å². The first-order valence-corrected chi connectivity index (χ1v) is 10.7. The fraction of sp³-hybridized carbons (Fsp3) is 0.300. The molecule has 1 amide bonds. The number of carboxylic acid groups (broad SMARTS) is 1. The highest BCUT2D eigenvalue weighted by atomic mass is 31.2. The summed E-state index contributed by atoms with van der Waals surface area (Å²) >= 11 is 0. The maximum atomic E-state index is 12.2. The summed E-state index contributed by atoms with van der Waals surface area (Å²) in [6.45, 7) is 0.155. The van der Waals surface area contributed by atoms with E-state index >= 15 is 0 Å². The van der Waals surface area contributed by atoms with E-state index in [1.54, 1.807) is 24.3 Å². The Hall–Kier alpha value is -2.47. The van der Waals surface area contributed by atoms with Gasteiger partial charge in [-0.3, -0.25) is 14.2 Å². The van der Waals surface area contributed by atoms with E-state index in [1.807, 2.05) is 30.3 Å². The minimum atomic E-state index is -3.76. The van der Waals surface area contributed by atoms with Crippen molar-refractivity contribution in [2.75, 3.05) is 11.9 Å². The SMILES string of the molecule is O=C(O)CCCC(=O)Nc1ccc(CP(=O)(O)OCCc2ccccc2)cc1. The standard InChI is InChI=1S/C20H24NO6P/c22-19(7-4-8-20(23)24)21-18-11-9-17(10-12-18)15-28(25,26)27-14-13-16-5-2-1-3-6-16/h1-3,5-6,9-12H,4,7-8,13-15H2,(H,21,22)(H,23,24)(H,25,26). The third-order valence-corrected chi connectivity index (χ3v) is 5.29. The first kappa shape index (κ1) is 21.8. The van der Waals surface area contributed by atoms with Crippen LogP contribution in [0.1, 0.15) is 30.4 Å². The van der Waals surface area contributed by atoms with Crippen LogP contribution in [-0.2, 0) is 31.3 Å². The molecule has 1 atom stereocenters. The van der Waals surface area contributed by atoms with Gasteiger partial charge in [-0.1, -0.05) is 42.5 Å². The number of carbonyl (C=O) groups is 2. The highest BCUT2D eigenvalue weighted by Crippen LogP contribution is 2.45. The van der Waals surface area contributed by atoms with Gasteiger partial charge in [0, 0.05) is 18.5 Å². The summed E-state index contributed by atoms with van der Waals surface area (Å²) in [7, 11) is -3.76. The molecule has 0 aliphatic rings. The number of hydrogen-bond acceptors (Lipinski definition) is 4. The lowest BCUT2D eigenvalue weighted by Gasteiger charge is -2.13. The molecule has 2 aromatic rings. The average Bonchev–Trinajstić information content (AvgIpc) is 2.63. The summed E-state index contributed by atoms with van der Waals surface area (Å²) in [6.07, 6.45) is 0.775. The van der Waals surface area contributed by atoms with Crippen LogP contribution in [0, 0.1) is 0 Å². The minimum Gasteiger partial charge on any atom is -0.481 e. The predicted octanol–water partition coefficient (Wildman–Crippen LogP) is 3.82. The van der Waals surface area contributed by atoms with Crippen molar-refractivity contribution in [1.29, 1.82) is 0 Å². The Morgan fingerprint density at radius 1 is 0.964 bits per heavy atom. The summed E-state index contributed by atoms with van der Waals surface area (Å²) in [5.41, 5.74) is 2.20. The van der Waals surface area contributed by atoms with Gasteiger partial charge in [-0.05, 0) is 36.1 Å². The van der Waals surface area contributed by atoms with E-state index in [2.05, 4.69) is 5.32 Å². The molecule has 7 nitrogen and oxygen atoms in total. The van der Waals surface area contributed by atoms with Crippen LogP contribution in [0.3, 0.4) is 0 Å². The Balaban J connectivity index is 1.77. The normalized spacial score (nSPS) is 12.9. The molecule has 8 heteroatoms. The first-order chi connectivity index (χ1) is 13.3. The molecule has 0 spiro atoms. The van der Waals surface area contributed by atoms with Crippen molar-refractivity contribution < 1.29 is 28.7 Å². The van der Waals surface area contributed by atoms with Crippen LogP contribution < -0.4 is 5.32 Å². The number of carboxylic acids is 1. The fourth-order valence-electron chi connectivity index (χ4n) is 2.54. The van der Waals surface area contributed by atoms with Gasteiger partial charge in [-0.15, -0.1) is 0 Å². The summed E-state index contributed by atoms with van der Waals surface area (Å²) in [5, 5.41) is 11.2. The van der Waals surface area contributed by atoms with Crippen LogP contribution in [0.4, 0.5) is 5.69 Å². The summed E-state index contributed by atoms with van der Waals surface area (Å²) in [6, 6.07) is 16.1. The number of nitrogens with one attached hydrogen (secondary N) is 1. The van der Waals surface area contributed by atoms with Crippen molar-refractivity contribution in [3.05, 3.63) is 65.7 Å². The van der Waals surface area contributed by atoms with Crippen molar-refractivity contribution in [1.82, 2.24) is 0 Å². The molecular formula is C20H24NO6P. The molecule has 3 N–H and O–H groups in total. The lowest BCUT2D eigenvalue weighted by atomic mass is 10.2. The van der Waals surface area contributed by atoms with Crippen molar-refractivity contribution in [3.63, 3.8) is 0 Å². The molecular weight excluding hydrogens is 381 g/mol. The van der Waals surface area contributed by atoms with Gasteiger partial charge in [0.2, 0.25) is 5.91 Å². The Kier molecular flexibility index (Phi) is 8.39. The number of hydrogen-bond donors (Lipinski definition) is 3. The second kappa shape index (κ2) is 10.8. The number of amides is 1. The molecule has 0 aromatic heterocycles. The number of benzene rings is 2. The average molecular weight is 405 g/mol. The van der Waals surface area contributed by atoms with E-state index in [4.69, 9.17) is 9.63 Å². The van der Waals surface area contributed by atoms with Crippen LogP contribution in [-0.4, -0.2) is 28.5 Å². The summed E-state index contributed by atoms with van der Waals surface area (Å²) in [4.78, 5) is 32.2. The van der Waals surface area contributed by atoms with E-state index in [-0.39, 0.29) is 37.9 Å². The van der Waals surface area contributed by atoms with Crippen molar-refractivity contribution >= 4 is 25.2 Å². The zero-order valence-electron chi connectivity index (χ0n) is 15.4. The number of anilines is 1. The molecule has 0 heterocycles. The van der Waals surface area contributed by atoms with Crippen LogP contribution in [0.5, 0.6) is 0 Å². The molecule has 0 aliphatic carbocycles. The van der Waals surface area contributed by atoms with Gasteiger partial charge in [0.05, 0.1) is 12.8 Å². The van der Waals surface area contributed by atoms with E-state index in [1.165, 1.54) is 0 Å².